The highest BCUT2D eigenvalue weighted by atomic mass is 16.6. The number of carbonyl (C=O) groups excluding carboxylic acids is 1. The van der Waals surface area contributed by atoms with Gasteiger partial charge in [-0.1, -0.05) is 13.8 Å². The van der Waals surface area contributed by atoms with Gasteiger partial charge in [-0.15, -0.1) is 0 Å². The molecule has 6 nitrogen and oxygen atoms in total. The molecule has 1 aromatic heterocycles. The van der Waals surface area contributed by atoms with Crippen LogP contribution in [0.1, 0.15) is 53.7 Å². The van der Waals surface area contributed by atoms with Crippen LogP contribution in [0, 0.1) is 5.92 Å². The van der Waals surface area contributed by atoms with Crippen molar-refractivity contribution in [2.45, 2.75) is 65.6 Å². The van der Waals surface area contributed by atoms with Crippen LogP contribution in [-0.2, 0) is 11.3 Å². The van der Waals surface area contributed by atoms with Crippen LogP contribution < -0.4 is 10.6 Å². The Morgan fingerprint density at radius 2 is 2.05 bits per heavy atom. The van der Waals surface area contributed by atoms with Crippen LogP contribution in [0.3, 0.4) is 0 Å². The Balaban J connectivity index is 2.56. The lowest BCUT2D eigenvalue weighted by Gasteiger charge is -2.33. The monoisotopic (exact) mass is 311 g/mol. The summed E-state index contributed by atoms with van der Waals surface area (Å²) in [4.78, 5) is 15.7. The normalized spacial score (nSPS) is 14.7. The lowest BCUT2D eigenvalue weighted by Crippen LogP contribution is -2.52. The molecule has 1 heterocycles. The summed E-state index contributed by atoms with van der Waals surface area (Å²) >= 11 is 0. The summed E-state index contributed by atoms with van der Waals surface area (Å²) in [6.07, 6.45) is 3.61. The second-order valence-electron chi connectivity index (χ2n) is 7.34. The molecule has 0 aliphatic rings. The Morgan fingerprint density at radius 1 is 1.36 bits per heavy atom. The van der Waals surface area contributed by atoms with Crippen LogP contribution in [-0.4, -0.2) is 28.8 Å². The number of nitrogens with one attached hydrogen (secondary N) is 2. The fraction of sp³-hybridized carbons (Fsp3) is 0.750. The van der Waals surface area contributed by atoms with Gasteiger partial charge in [-0.25, -0.2) is 9.78 Å². The van der Waals surface area contributed by atoms with Gasteiger partial charge in [0.05, 0.1) is 12.7 Å². The SMILES string of the molecule is CC(C)CC(C)(CNC(=O)OC(C)(C)C)NCc1cnco1. The van der Waals surface area contributed by atoms with Gasteiger partial charge in [-0.3, -0.25) is 0 Å². The Kier molecular flexibility index (Phi) is 6.41. The standard InChI is InChI=1S/C16H29N3O3/c1-12(2)7-16(6,19-9-13-8-17-11-21-13)10-18-14(20)22-15(3,4)5/h8,11-12,19H,7,9-10H2,1-6H3,(H,18,20). The fourth-order valence-electron chi connectivity index (χ4n) is 2.32. The van der Waals surface area contributed by atoms with Gasteiger partial charge < -0.3 is 19.8 Å². The second kappa shape index (κ2) is 7.63. The molecular formula is C16H29N3O3. The molecule has 0 radical (unpaired) electrons. The first-order valence-electron chi connectivity index (χ1n) is 7.69. The molecule has 1 aromatic rings. The third kappa shape index (κ3) is 7.45. The van der Waals surface area contributed by atoms with Crippen molar-refractivity contribution in [2.75, 3.05) is 6.54 Å². The number of oxazole rings is 1. The lowest BCUT2D eigenvalue weighted by molar-refractivity contribution is 0.0507. The van der Waals surface area contributed by atoms with E-state index in [2.05, 4.69) is 36.4 Å². The van der Waals surface area contributed by atoms with Gasteiger partial charge >= 0.3 is 6.09 Å². The maximum absolute atomic E-state index is 11.8. The number of carbonyl (C=O) groups is 1. The van der Waals surface area contributed by atoms with Crippen molar-refractivity contribution in [1.29, 1.82) is 0 Å². The molecule has 0 aromatic carbocycles. The molecule has 6 heteroatoms. The van der Waals surface area contributed by atoms with E-state index < -0.39 is 11.7 Å². The topological polar surface area (TPSA) is 76.4 Å². The van der Waals surface area contributed by atoms with Crippen molar-refractivity contribution in [2.24, 2.45) is 5.92 Å². The van der Waals surface area contributed by atoms with Crippen LogP contribution in [0.15, 0.2) is 17.0 Å². The molecule has 1 rings (SSSR count). The molecule has 0 fully saturated rings. The zero-order valence-corrected chi connectivity index (χ0v) is 14.5. The van der Waals surface area contributed by atoms with Crippen molar-refractivity contribution in [3.05, 3.63) is 18.4 Å². The van der Waals surface area contributed by atoms with Crippen molar-refractivity contribution in [3.8, 4) is 0 Å². The van der Waals surface area contributed by atoms with Gasteiger partial charge in [0.1, 0.15) is 11.4 Å². The van der Waals surface area contributed by atoms with Crippen molar-refractivity contribution >= 4 is 6.09 Å². The van der Waals surface area contributed by atoms with E-state index >= 15 is 0 Å². The first-order valence-corrected chi connectivity index (χ1v) is 7.69. The fourth-order valence-corrected chi connectivity index (χ4v) is 2.32. The number of amides is 1. The van der Waals surface area contributed by atoms with Crippen LogP contribution >= 0.6 is 0 Å². The number of hydrogen-bond donors (Lipinski definition) is 2. The Hall–Kier alpha value is -1.56. The summed E-state index contributed by atoms with van der Waals surface area (Å²) in [5.74, 6) is 1.26. The largest absolute Gasteiger partial charge is 0.447 e. The highest BCUT2D eigenvalue weighted by Gasteiger charge is 2.27. The van der Waals surface area contributed by atoms with Crippen molar-refractivity contribution in [1.82, 2.24) is 15.6 Å². The third-order valence-corrected chi connectivity index (χ3v) is 3.05. The molecule has 22 heavy (non-hydrogen) atoms. The molecule has 0 saturated carbocycles. The molecule has 2 N–H and O–H groups in total. The van der Waals surface area contributed by atoms with E-state index in [1.165, 1.54) is 6.39 Å². The molecule has 0 aliphatic carbocycles. The second-order valence-corrected chi connectivity index (χ2v) is 7.34. The zero-order chi connectivity index (χ0) is 16.8. The highest BCUT2D eigenvalue weighted by Crippen LogP contribution is 2.17. The van der Waals surface area contributed by atoms with Gasteiger partial charge in [0.25, 0.3) is 0 Å². The van der Waals surface area contributed by atoms with Gasteiger partial charge in [0.15, 0.2) is 6.39 Å². The zero-order valence-electron chi connectivity index (χ0n) is 14.5. The molecule has 126 valence electrons. The quantitative estimate of drug-likeness (QED) is 0.809. The molecule has 0 spiro atoms. The van der Waals surface area contributed by atoms with Gasteiger partial charge in [0.2, 0.25) is 0 Å². The average Bonchev–Trinajstić information content (AvgIpc) is 2.84. The Bertz CT molecular complexity index is 452. The predicted molar refractivity (Wildman–Crippen MR) is 85.4 cm³/mol. The molecule has 0 saturated heterocycles. The summed E-state index contributed by atoms with van der Waals surface area (Å²) in [6.45, 7) is 13.0. The van der Waals surface area contributed by atoms with Crippen LogP contribution in [0.2, 0.25) is 0 Å². The van der Waals surface area contributed by atoms with E-state index in [1.807, 2.05) is 20.8 Å². The summed E-state index contributed by atoms with van der Waals surface area (Å²) in [6, 6.07) is 0. The van der Waals surface area contributed by atoms with E-state index in [0.29, 0.717) is 19.0 Å². The molecule has 1 unspecified atom stereocenters. The van der Waals surface area contributed by atoms with E-state index in [0.717, 1.165) is 12.2 Å². The number of hydrogen-bond acceptors (Lipinski definition) is 5. The van der Waals surface area contributed by atoms with Gasteiger partial charge in [-0.05, 0) is 40.0 Å². The third-order valence-electron chi connectivity index (χ3n) is 3.05. The molecule has 1 atom stereocenters. The summed E-state index contributed by atoms with van der Waals surface area (Å²) in [5.41, 5.74) is -0.746. The summed E-state index contributed by atoms with van der Waals surface area (Å²) < 4.78 is 10.5. The van der Waals surface area contributed by atoms with Crippen LogP contribution in [0.25, 0.3) is 0 Å². The molecule has 0 bridgehead atoms. The predicted octanol–water partition coefficient (Wildman–Crippen LogP) is 3.09. The maximum atomic E-state index is 11.8. The van der Waals surface area contributed by atoms with Crippen LogP contribution in [0.4, 0.5) is 4.79 Å². The minimum Gasteiger partial charge on any atom is -0.447 e. The number of ether oxygens (including phenoxy) is 1. The maximum Gasteiger partial charge on any atom is 0.407 e. The van der Waals surface area contributed by atoms with Crippen molar-refractivity contribution < 1.29 is 13.9 Å². The highest BCUT2D eigenvalue weighted by molar-refractivity contribution is 5.67. The molecular weight excluding hydrogens is 282 g/mol. The summed E-state index contributed by atoms with van der Waals surface area (Å²) in [5, 5.41) is 6.29. The average molecular weight is 311 g/mol. The number of aromatic nitrogens is 1. The van der Waals surface area contributed by atoms with Crippen molar-refractivity contribution in [3.63, 3.8) is 0 Å². The van der Waals surface area contributed by atoms with E-state index in [9.17, 15) is 4.79 Å². The first kappa shape index (κ1) is 18.5. The smallest absolute Gasteiger partial charge is 0.407 e. The first-order chi connectivity index (χ1) is 10.1. The number of nitrogens with zero attached hydrogens (tertiary/aromatic N) is 1. The Labute approximate surface area is 133 Å². The number of rotatable bonds is 7. The van der Waals surface area contributed by atoms with Crippen LogP contribution in [0.5, 0.6) is 0 Å². The molecule has 1 amide bonds. The lowest BCUT2D eigenvalue weighted by atomic mass is 9.90. The Morgan fingerprint density at radius 3 is 2.55 bits per heavy atom. The number of alkyl carbamates (subject to hydrolysis) is 1. The van der Waals surface area contributed by atoms with Gasteiger partial charge in [0, 0.05) is 12.1 Å². The van der Waals surface area contributed by atoms with Gasteiger partial charge in [-0.2, -0.15) is 0 Å². The van der Waals surface area contributed by atoms with E-state index in [1.54, 1.807) is 6.20 Å². The van der Waals surface area contributed by atoms with E-state index in [-0.39, 0.29) is 5.54 Å². The minimum atomic E-state index is -0.494. The summed E-state index contributed by atoms with van der Waals surface area (Å²) in [7, 11) is 0. The van der Waals surface area contributed by atoms with E-state index in [4.69, 9.17) is 9.15 Å². The molecule has 0 aliphatic heterocycles. The minimum absolute atomic E-state index is 0.252.